The van der Waals surface area contributed by atoms with Gasteiger partial charge in [-0.3, -0.25) is 4.79 Å². The normalized spacial score (nSPS) is 10.5. The van der Waals surface area contributed by atoms with Crippen molar-refractivity contribution in [2.45, 2.75) is 13.5 Å². The summed E-state index contributed by atoms with van der Waals surface area (Å²) in [6.07, 6.45) is 0. The van der Waals surface area contributed by atoms with E-state index in [0.29, 0.717) is 16.4 Å². The molecule has 5 heteroatoms. The molecule has 1 heterocycles. The van der Waals surface area contributed by atoms with Gasteiger partial charge in [-0.05, 0) is 29.5 Å². The molecule has 1 aromatic heterocycles. The number of amides is 1. The molecule has 0 aliphatic carbocycles. The molecule has 0 radical (unpaired) electrons. The van der Waals surface area contributed by atoms with Gasteiger partial charge < -0.3 is 4.90 Å². The third-order valence-electron chi connectivity index (χ3n) is 2.81. The van der Waals surface area contributed by atoms with Crippen molar-refractivity contribution in [3.63, 3.8) is 0 Å². The Labute approximate surface area is 130 Å². The monoisotopic (exact) mass is 357 g/mol. The van der Waals surface area contributed by atoms with Crippen LogP contribution < -0.4 is 0 Å². The maximum absolute atomic E-state index is 12.3. The zero-order valence-corrected chi connectivity index (χ0v) is 13.8. The van der Waals surface area contributed by atoms with Crippen molar-refractivity contribution in [1.29, 1.82) is 0 Å². The molecule has 0 unspecified atom stereocenters. The number of thiophene rings is 1. The Kier molecular flexibility index (Phi) is 4.66. The van der Waals surface area contributed by atoms with Gasteiger partial charge in [-0.2, -0.15) is 0 Å². The first-order valence-corrected chi connectivity index (χ1v) is 7.78. The van der Waals surface area contributed by atoms with E-state index < -0.39 is 0 Å². The molecule has 100 valence electrons. The second-order valence-electron chi connectivity index (χ2n) is 4.31. The molecule has 1 aromatic carbocycles. The molecule has 0 saturated carbocycles. The summed E-state index contributed by atoms with van der Waals surface area (Å²) < 4.78 is 1.00. The molecule has 0 N–H and O–H groups in total. The van der Waals surface area contributed by atoms with Crippen LogP contribution in [0.3, 0.4) is 0 Å². The van der Waals surface area contributed by atoms with Crippen molar-refractivity contribution in [2.24, 2.45) is 0 Å². The van der Waals surface area contributed by atoms with Crippen LogP contribution in [0.1, 0.15) is 20.8 Å². The Morgan fingerprint density at radius 2 is 2.11 bits per heavy atom. The fourth-order valence-electron chi connectivity index (χ4n) is 1.70. The standard InChI is InChI=1S/C14H13BrClNOS/c1-9-8-19-13(12(9)16)14(18)17(2)7-10-5-3-4-6-11(10)15/h3-6,8H,7H2,1-2H3. The SMILES string of the molecule is Cc1csc(C(=O)N(C)Cc2ccccc2Br)c1Cl. The summed E-state index contributed by atoms with van der Waals surface area (Å²) in [4.78, 5) is 14.6. The second kappa shape index (κ2) is 6.07. The smallest absolute Gasteiger partial charge is 0.265 e. The van der Waals surface area contributed by atoms with Crippen LogP contribution in [0.4, 0.5) is 0 Å². The summed E-state index contributed by atoms with van der Waals surface area (Å²) in [6.45, 7) is 2.46. The Hall–Kier alpha value is -0.840. The third-order valence-corrected chi connectivity index (χ3v) is 5.26. The van der Waals surface area contributed by atoms with Crippen LogP contribution in [-0.4, -0.2) is 17.9 Å². The average molecular weight is 359 g/mol. The minimum Gasteiger partial charge on any atom is -0.337 e. The van der Waals surface area contributed by atoms with Gasteiger partial charge in [0, 0.05) is 18.1 Å². The number of carbonyl (C=O) groups excluding carboxylic acids is 1. The third kappa shape index (κ3) is 3.19. The molecular formula is C14H13BrClNOS. The van der Waals surface area contributed by atoms with Crippen molar-refractivity contribution in [1.82, 2.24) is 4.90 Å². The highest BCUT2D eigenvalue weighted by atomic mass is 79.9. The Bertz CT molecular complexity index is 611. The molecule has 0 aliphatic heterocycles. The van der Waals surface area contributed by atoms with Gasteiger partial charge in [0.1, 0.15) is 4.88 Å². The molecule has 2 aromatic rings. The van der Waals surface area contributed by atoms with Crippen molar-refractivity contribution in [3.05, 3.63) is 55.1 Å². The van der Waals surface area contributed by atoms with E-state index in [2.05, 4.69) is 15.9 Å². The van der Waals surface area contributed by atoms with Gasteiger partial charge in [-0.15, -0.1) is 11.3 Å². The molecule has 2 nitrogen and oxygen atoms in total. The number of nitrogens with zero attached hydrogens (tertiary/aromatic N) is 1. The lowest BCUT2D eigenvalue weighted by Gasteiger charge is -2.17. The Morgan fingerprint density at radius 1 is 1.42 bits per heavy atom. The van der Waals surface area contributed by atoms with Crippen molar-refractivity contribution in [2.75, 3.05) is 7.05 Å². The number of carbonyl (C=O) groups is 1. The predicted octanol–water partition coefficient (Wildman–Crippen LogP) is 4.74. The van der Waals surface area contributed by atoms with Crippen LogP contribution in [0.5, 0.6) is 0 Å². The fourth-order valence-corrected chi connectivity index (χ4v) is 3.38. The average Bonchev–Trinajstić information content (AvgIpc) is 2.72. The predicted molar refractivity (Wildman–Crippen MR) is 84.0 cm³/mol. The van der Waals surface area contributed by atoms with Gasteiger partial charge >= 0.3 is 0 Å². The van der Waals surface area contributed by atoms with Gasteiger partial charge in [0.15, 0.2) is 0 Å². The summed E-state index contributed by atoms with van der Waals surface area (Å²) in [5, 5.41) is 2.47. The largest absolute Gasteiger partial charge is 0.337 e. The van der Waals surface area contributed by atoms with Crippen LogP contribution in [0, 0.1) is 6.92 Å². The number of aryl methyl sites for hydroxylation is 1. The number of benzene rings is 1. The quantitative estimate of drug-likeness (QED) is 0.775. The lowest BCUT2D eigenvalue weighted by atomic mass is 10.2. The molecular weight excluding hydrogens is 346 g/mol. The molecule has 0 saturated heterocycles. The van der Waals surface area contributed by atoms with Crippen molar-refractivity contribution >= 4 is 44.8 Å². The molecule has 19 heavy (non-hydrogen) atoms. The lowest BCUT2D eigenvalue weighted by molar-refractivity contribution is 0.0789. The van der Waals surface area contributed by atoms with E-state index in [0.717, 1.165) is 15.6 Å². The molecule has 0 aliphatic rings. The summed E-state index contributed by atoms with van der Waals surface area (Å²) in [6, 6.07) is 7.88. The first-order valence-electron chi connectivity index (χ1n) is 5.73. The minimum atomic E-state index is -0.0427. The van der Waals surface area contributed by atoms with Gasteiger partial charge in [-0.25, -0.2) is 0 Å². The number of rotatable bonds is 3. The van der Waals surface area contributed by atoms with Crippen LogP contribution in [0.25, 0.3) is 0 Å². The summed E-state index contributed by atoms with van der Waals surface area (Å²) in [7, 11) is 1.78. The highest BCUT2D eigenvalue weighted by Crippen LogP contribution is 2.28. The van der Waals surface area contributed by atoms with Gasteiger partial charge in [0.2, 0.25) is 0 Å². The lowest BCUT2D eigenvalue weighted by Crippen LogP contribution is -2.25. The summed E-state index contributed by atoms with van der Waals surface area (Å²) in [5.74, 6) is -0.0427. The van der Waals surface area contributed by atoms with E-state index in [4.69, 9.17) is 11.6 Å². The van der Waals surface area contributed by atoms with Crippen LogP contribution in [0.2, 0.25) is 5.02 Å². The van der Waals surface area contributed by atoms with E-state index in [-0.39, 0.29) is 5.91 Å². The number of halogens is 2. The van der Waals surface area contributed by atoms with Gasteiger partial charge in [0.05, 0.1) is 5.02 Å². The Morgan fingerprint density at radius 3 is 2.68 bits per heavy atom. The van der Waals surface area contributed by atoms with E-state index in [1.54, 1.807) is 11.9 Å². The highest BCUT2D eigenvalue weighted by molar-refractivity contribution is 9.10. The zero-order valence-electron chi connectivity index (χ0n) is 10.6. The van der Waals surface area contributed by atoms with Gasteiger partial charge in [-0.1, -0.05) is 45.7 Å². The van der Waals surface area contributed by atoms with Crippen LogP contribution in [0.15, 0.2) is 34.1 Å². The second-order valence-corrected chi connectivity index (χ2v) is 6.43. The van der Waals surface area contributed by atoms with Gasteiger partial charge in [0.25, 0.3) is 5.91 Å². The summed E-state index contributed by atoms with van der Waals surface area (Å²) in [5.41, 5.74) is 2.02. The maximum atomic E-state index is 12.3. The maximum Gasteiger partial charge on any atom is 0.265 e. The first kappa shape index (κ1) is 14.6. The Balaban J connectivity index is 2.17. The fraction of sp³-hybridized carbons (Fsp3) is 0.214. The number of hydrogen-bond acceptors (Lipinski definition) is 2. The molecule has 1 amide bonds. The molecule has 0 fully saturated rings. The minimum absolute atomic E-state index is 0.0427. The molecule has 2 rings (SSSR count). The molecule has 0 bridgehead atoms. The first-order chi connectivity index (χ1) is 9.00. The van der Waals surface area contributed by atoms with Crippen molar-refractivity contribution < 1.29 is 4.79 Å². The molecule has 0 atom stereocenters. The zero-order chi connectivity index (χ0) is 14.0. The van der Waals surface area contributed by atoms with E-state index in [1.165, 1.54) is 11.3 Å². The highest BCUT2D eigenvalue weighted by Gasteiger charge is 2.19. The number of hydrogen-bond donors (Lipinski definition) is 0. The van der Waals surface area contributed by atoms with E-state index in [1.807, 2.05) is 36.6 Å². The van der Waals surface area contributed by atoms with E-state index in [9.17, 15) is 4.79 Å². The molecule has 0 spiro atoms. The van der Waals surface area contributed by atoms with Crippen LogP contribution >= 0.6 is 38.9 Å². The van der Waals surface area contributed by atoms with Crippen LogP contribution in [-0.2, 0) is 6.54 Å². The van der Waals surface area contributed by atoms with Crippen molar-refractivity contribution in [3.8, 4) is 0 Å². The summed E-state index contributed by atoms with van der Waals surface area (Å²) >= 11 is 11.0. The van der Waals surface area contributed by atoms with E-state index >= 15 is 0 Å². The topological polar surface area (TPSA) is 20.3 Å².